The monoisotopic (exact) mass is 361 g/mol. The summed E-state index contributed by atoms with van der Waals surface area (Å²) in [5.41, 5.74) is 1.97. The van der Waals surface area contributed by atoms with Gasteiger partial charge in [0.15, 0.2) is 18.1 Å². The van der Waals surface area contributed by atoms with Crippen molar-refractivity contribution in [2.45, 2.75) is 37.8 Å². The SMILES string of the molecule is COc1ccccc1OCC(=O)Nc1c2c(nn1C(C)(C)C)CSC2. The number of para-hydroxylation sites is 2. The summed E-state index contributed by atoms with van der Waals surface area (Å²) in [5, 5.41) is 7.67. The highest BCUT2D eigenvalue weighted by Crippen LogP contribution is 2.37. The summed E-state index contributed by atoms with van der Waals surface area (Å²) in [7, 11) is 1.57. The lowest BCUT2D eigenvalue weighted by Gasteiger charge is -2.23. The average Bonchev–Trinajstić information content (AvgIpc) is 3.15. The van der Waals surface area contributed by atoms with Crippen molar-refractivity contribution in [2.75, 3.05) is 19.0 Å². The normalized spacial score (nSPS) is 13.4. The molecule has 1 aromatic carbocycles. The molecule has 0 atom stereocenters. The number of anilines is 1. The molecule has 1 aliphatic rings. The highest BCUT2D eigenvalue weighted by Gasteiger charge is 2.28. The van der Waals surface area contributed by atoms with Crippen molar-refractivity contribution >= 4 is 23.5 Å². The van der Waals surface area contributed by atoms with Crippen LogP contribution in [0.2, 0.25) is 0 Å². The van der Waals surface area contributed by atoms with E-state index in [4.69, 9.17) is 9.47 Å². The minimum absolute atomic E-state index is 0.0857. The molecule has 0 saturated heterocycles. The maximum atomic E-state index is 12.4. The number of carbonyl (C=O) groups is 1. The zero-order valence-corrected chi connectivity index (χ0v) is 15.8. The molecule has 3 rings (SSSR count). The highest BCUT2D eigenvalue weighted by molar-refractivity contribution is 7.98. The number of nitrogens with zero attached hydrogens (tertiary/aromatic N) is 2. The summed E-state index contributed by atoms with van der Waals surface area (Å²) in [6, 6.07) is 7.27. The lowest BCUT2D eigenvalue weighted by molar-refractivity contribution is -0.118. The fourth-order valence-corrected chi connectivity index (χ4v) is 3.71. The third-order valence-electron chi connectivity index (χ3n) is 3.87. The van der Waals surface area contributed by atoms with Crippen molar-refractivity contribution in [3.05, 3.63) is 35.5 Å². The Morgan fingerprint density at radius 1 is 1.28 bits per heavy atom. The fraction of sp³-hybridized carbons (Fsp3) is 0.444. The van der Waals surface area contributed by atoms with Gasteiger partial charge in [0.2, 0.25) is 0 Å². The summed E-state index contributed by atoms with van der Waals surface area (Å²) in [4.78, 5) is 12.4. The van der Waals surface area contributed by atoms with E-state index in [-0.39, 0.29) is 18.1 Å². The fourth-order valence-electron chi connectivity index (χ4n) is 2.68. The molecule has 0 bridgehead atoms. The average molecular weight is 361 g/mol. The minimum Gasteiger partial charge on any atom is -0.493 e. The van der Waals surface area contributed by atoms with Gasteiger partial charge in [0, 0.05) is 17.1 Å². The van der Waals surface area contributed by atoms with Gasteiger partial charge >= 0.3 is 0 Å². The first-order valence-corrected chi connectivity index (χ1v) is 9.30. The smallest absolute Gasteiger partial charge is 0.263 e. The van der Waals surface area contributed by atoms with E-state index in [1.807, 2.05) is 28.6 Å². The van der Waals surface area contributed by atoms with Gasteiger partial charge in [-0.15, -0.1) is 0 Å². The number of hydrogen-bond donors (Lipinski definition) is 1. The molecular formula is C18H23N3O3S. The van der Waals surface area contributed by atoms with Crippen molar-refractivity contribution in [2.24, 2.45) is 0 Å². The molecule has 2 heterocycles. The molecule has 134 valence electrons. The van der Waals surface area contributed by atoms with E-state index in [2.05, 4.69) is 31.2 Å². The lowest BCUT2D eigenvalue weighted by Crippen LogP contribution is -2.29. The molecule has 7 heteroatoms. The summed E-state index contributed by atoms with van der Waals surface area (Å²) < 4.78 is 12.7. The second kappa shape index (κ2) is 7.00. The van der Waals surface area contributed by atoms with Crippen LogP contribution in [0.5, 0.6) is 11.5 Å². The Morgan fingerprint density at radius 3 is 2.68 bits per heavy atom. The minimum atomic E-state index is -0.212. The first kappa shape index (κ1) is 17.7. The van der Waals surface area contributed by atoms with Crippen LogP contribution in [-0.2, 0) is 21.8 Å². The number of methoxy groups -OCH3 is 1. The van der Waals surface area contributed by atoms with E-state index in [9.17, 15) is 4.79 Å². The number of aromatic nitrogens is 2. The molecule has 0 spiro atoms. The van der Waals surface area contributed by atoms with Crippen molar-refractivity contribution in [3.8, 4) is 11.5 Å². The zero-order valence-electron chi connectivity index (χ0n) is 15.0. The molecule has 6 nitrogen and oxygen atoms in total. The Bertz CT molecular complexity index is 780. The van der Waals surface area contributed by atoms with Crippen molar-refractivity contribution in [1.29, 1.82) is 0 Å². The van der Waals surface area contributed by atoms with Crippen LogP contribution in [0.3, 0.4) is 0 Å². The largest absolute Gasteiger partial charge is 0.493 e. The van der Waals surface area contributed by atoms with Gasteiger partial charge in [0.05, 0.1) is 18.3 Å². The summed E-state index contributed by atoms with van der Waals surface area (Å²) >= 11 is 1.81. The number of hydrogen-bond acceptors (Lipinski definition) is 5. The number of benzene rings is 1. The third kappa shape index (κ3) is 3.76. The van der Waals surface area contributed by atoms with Crippen molar-refractivity contribution in [3.63, 3.8) is 0 Å². The Hall–Kier alpha value is -2.15. The maximum Gasteiger partial charge on any atom is 0.263 e. The standard InChI is InChI=1S/C18H23N3O3S/c1-18(2,3)21-17(12-10-25-11-13(12)20-21)19-16(22)9-24-15-8-6-5-7-14(15)23-4/h5-8H,9-11H2,1-4H3,(H,19,22). The quantitative estimate of drug-likeness (QED) is 0.884. The van der Waals surface area contributed by atoms with E-state index < -0.39 is 0 Å². The number of ether oxygens (including phenoxy) is 2. The molecule has 0 fully saturated rings. The number of amides is 1. The summed E-state index contributed by atoms with van der Waals surface area (Å²) in [6.45, 7) is 6.13. The van der Waals surface area contributed by atoms with Gasteiger partial charge in [-0.05, 0) is 32.9 Å². The van der Waals surface area contributed by atoms with Gasteiger partial charge in [-0.25, -0.2) is 4.68 Å². The van der Waals surface area contributed by atoms with Crippen LogP contribution in [0.1, 0.15) is 32.0 Å². The van der Waals surface area contributed by atoms with Crippen LogP contribution in [0.25, 0.3) is 0 Å². The molecule has 1 aliphatic heterocycles. The summed E-state index contributed by atoms with van der Waals surface area (Å²) in [5.74, 6) is 3.47. The number of nitrogens with one attached hydrogen (secondary N) is 1. The lowest BCUT2D eigenvalue weighted by atomic mass is 10.1. The van der Waals surface area contributed by atoms with Gasteiger partial charge in [-0.1, -0.05) is 12.1 Å². The van der Waals surface area contributed by atoms with E-state index in [0.29, 0.717) is 11.5 Å². The number of carbonyl (C=O) groups excluding carboxylic acids is 1. The summed E-state index contributed by atoms with van der Waals surface area (Å²) in [6.07, 6.45) is 0. The van der Waals surface area contributed by atoms with Crippen LogP contribution in [-0.4, -0.2) is 29.4 Å². The van der Waals surface area contributed by atoms with Crippen LogP contribution >= 0.6 is 11.8 Å². The first-order valence-electron chi connectivity index (χ1n) is 8.15. The molecule has 0 saturated carbocycles. The molecular weight excluding hydrogens is 338 g/mol. The van der Waals surface area contributed by atoms with Gasteiger partial charge in [-0.2, -0.15) is 16.9 Å². The molecule has 25 heavy (non-hydrogen) atoms. The maximum absolute atomic E-state index is 12.4. The molecule has 1 aromatic heterocycles. The highest BCUT2D eigenvalue weighted by atomic mass is 32.2. The Labute approximate surface area is 151 Å². The zero-order chi connectivity index (χ0) is 18.0. The first-order chi connectivity index (χ1) is 11.9. The Balaban J connectivity index is 1.73. The topological polar surface area (TPSA) is 65.4 Å². The predicted octanol–water partition coefficient (Wildman–Crippen LogP) is 3.41. The Morgan fingerprint density at radius 2 is 2.00 bits per heavy atom. The molecule has 1 N–H and O–H groups in total. The molecule has 0 unspecified atom stereocenters. The molecule has 1 amide bonds. The Kier molecular flexibility index (Phi) is 4.94. The second-order valence-corrected chi connectivity index (χ2v) is 7.82. The number of rotatable bonds is 5. The van der Waals surface area contributed by atoms with Crippen LogP contribution in [0.4, 0.5) is 5.82 Å². The number of thioether (sulfide) groups is 1. The molecule has 0 radical (unpaired) electrons. The van der Waals surface area contributed by atoms with Crippen LogP contribution < -0.4 is 14.8 Å². The van der Waals surface area contributed by atoms with E-state index in [0.717, 1.165) is 28.6 Å². The van der Waals surface area contributed by atoms with E-state index in [1.54, 1.807) is 19.2 Å². The second-order valence-electron chi connectivity index (χ2n) is 6.84. The van der Waals surface area contributed by atoms with E-state index >= 15 is 0 Å². The van der Waals surface area contributed by atoms with Crippen molar-refractivity contribution in [1.82, 2.24) is 9.78 Å². The van der Waals surface area contributed by atoms with Gasteiger partial charge in [-0.3, -0.25) is 4.79 Å². The third-order valence-corrected chi connectivity index (χ3v) is 4.84. The van der Waals surface area contributed by atoms with Gasteiger partial charge < -0.3 is 14.8 Å². The molecule has 2 aromatic rings. The van der Waals surface area contributed by atoms with Crippen LogP contribution in [0.15, 0.2) is 24.3 Å². The predicted molar refractivity (Wildman–Crippen MR) is 99.3 cm³/mol. The van der Waals surface area contributed by atoms with Crippen LogP contribution in [0, 0.1) is 0 Å². The number of fused-ring (bicyclic) bond motifs is 1. The van der Waals surface area contributed by atoms with Gasteiger partial charge in [0.25, 0.3) is 5.91 Å². The van der Waals surface area contributed by atoms with Gasteiger partial charge in [0.1, 0.15) is 5.82 Å². The molecule has 0 aliphatic carbocycles. The van der Waals surface area contributed by atoms with E-state index in [1.165, 1.54) is 0 Å². The van der Waals surface area contributed by atoms with Crippen molar-refractivity contribution < 1.29 is 14.3 Å².